The van der Waals surface area contributed by atoms with Crippen molar-refractivity contribution in [1.29, 1.82) is 0 Å². The zero-order valence-corrected chi connectivity index (χ0v) is 14.5. The molecule has 0 radical (unpaired) electrons. The Morgan fingerprint density at radius 1 is 1.24 bits per heavy atom. The Morgan fingerprint density at radius 3 is 2.88 bits per heavy atom. The van der Waals surface area contributed by atoms with Crippen LogP contribution in [0.15, 0.2) is 40.9 Å². The van der Waals surface area contributed by atoms with Crippen molar-refractivity contribution in [2.24, 2.45) is 0 Å². The molecule has 2 saturated heterocycles. The second-order valence-corrected chi connectivity index (χ2v) is 6.99. The van der Waals surface area contributed by atoms with Gasteiger partial charge in [0.1, 0.15) is 5.69 Å². The maximum Gasteiger partial charge on any atom is 0.317 e. The Kier molecular flexibility index (Phi) is 4.44. The van der Waals surface area contributed by atoms with E-state index in [1.807, 2.05) is 41.3 Å². The van der Waals surface area contributed by atoms with Crippen molar-refractivity contribution in [2.45, 2.75) is 37.9 Å². The fourth-order valence-electron chi connectivity index (χ4n) is 3.90. The van der Waals surface area contributed by atoms with Gasteiger partial charge in [0.25, 0.3) is 0 Å². The van der Waals surface area contributed by atoms with Crippen LogP contribution in [0.5, 0.6) is 0 Å². The van der Waals surface area contributed by atoms with E-state index in [1.165, 1.54) is 12.8 Å². The molecular formula is C19H24N4O2. The van der Waals surface area contributed by atoms with Gasteiger partial charge in [0.05, 0.1) is 6.54 Å². The van der Waals surface area contributed by atoms with Gasteiger partial charge in [0, 0.05) is 36.8 Å². The molecule has 1 N–H and O–H groups in total. The minimum absolute atomic E-state index is 0.00906. The van der Waals surface area contributed by atoms with Gasteiger partial charge < -0.3 is 14.7 Å². The van der Waals surface area contributed by atoms with Crippen molar-refractivity contribution in [3.05, 3.63) is 42.1 Å². The average molecular weight is 340 g/mol. The maximum atomic E-state index is 12.5. The molecule has 25 heavy (non-hydrogen) atoms. The summed E-state index contributed by atoms with van der Waals surface area (Å²) in [4.78, 5) is 16.9. The lowest BCUT2D eigenvalue weighted by atomic mass is 10.1. The highest BCUT2D eigenvalue weighted by atomic mass is 16.5. The molecule has 1 aromatic heterocycles. The molecule has 6 heteroatoms. The van der Waals surface area contributed by atoms with Gasteiger partial charge in [0.15, 0.2) is 5.76 Å². The lowest BCUT2D eigenvalue weighted by molar-refractivity contribution is 0.187. The molecule has 2 aliphatic rings. The van der Waals surface area contributed by atoms with Crippen LogP contribution in [-0.4, -0.2) is 53.2 Å². The van der Waals surface area contributed by atoms with E-state index in [-0.39, 0.29) is 6.03 Å². The van der Waals surface area contributed by atoms with Crippen LogP contribution < -0.4 is 5.32 Å². The van der Waals surface area contributed by atoms with Gasteiger partial charge >= 0.3 is 6.03 Å². The van der Waals surface area contributed by atoms with E-state index in [1.54, 1.807) is 0 Å². The van der Waals surface area contributed by atoms with E-state index in [9.17, 15) is 4.79 Å². The van der Waals surface area contributed by atoms with Gasteiger partial charge in [-0.1, -0.05) is 35.5 Å². The van der Waals surface area contributed by atoms with Crippen molar-refractivity contribution in [2.75, 3.05) is 20.1 Å². The van der Waals surface area contributed by atoms with E-state index in [0.717, 1.165) is 36.5 Å². The monoisotopic (exact) mass is 340 g/mol. The average Bonchev–Trinajstić information content (AvgIpc) is 3.18. The van der Waals surface area contributed by atoms with Crippen molar-refractivity contribution in [3.63, 3.8) is 0 Å². The van der Waals surface area contributed by atoms with E-state index in [4.69, 9.17) is 4.52 Å². The van der Waals surface area contributed by atoms with Crippen molar-refractivity contribution < 1.29 is 9.32 Å². The van der Waals surface area contributed by atoms with Gasteiger partial charge in [0.2, 0.25) is 0 Å². The number of urea groups is 1. The van der Waals surface area contributed by atoms with Crippen LogP contribution in [0.2, 0.25) is 0 Å². The minimum atomic E-state index is -0.00906. The molecule has 2 aromatic rings. The van der Waals surface area contributed by atoms with Gasteiger partial charge in [-0.2, -0.15) is 0 Å². The van der Waals surface area contributed by atoms with Gasteiger partial charge in [-0.05, 0) is 26.3 Å². The SMILES string of the molecule is CN1[C@H]2CC[C@H]1CN(C(=O)NCc1cc(-c3ccccc3)on1)CC2. The number of likely N-dealkylation sites (N-methyl/N-ethyl adjacent to an activating group) is 1. The molecular weight excluding hydrogens is 316 g/mol. The molecule has 2 fully saturated rings. The maximum absolute atomic E-state index is 12.5. The number of carbonyl (C=O) groups is 1. The Hall–Kier alpha value is -2.34. The van der Waals surface area contributed by atoms with Gasteiger partial charge in [-0.15, -0.1) is 0 Å². The number of likely N-dealkylation sites (tertiary alicyclic amines) is 1. The molecule has 0 spiro atoms. The number of carbonyl (C=O) groups excluding carboxylic acids is 1. The van der Waals surface area contributed by atoms with E-state index in [2.05, 4.69) is 22.4 Å². The molecule has 6 nitrogen and oxygen atoms in total. The predicted octanol–water partition coefficient (Wildman–Crippen LogP) is 2.72. The topological polar surface area (TPSA) is 61.6 Å². The zero-order chi connectivity index (χ0) is 17.2. The number of hydrogen-bond donors (Lipinski definition) is 1. The van der Waals surface area contributed by atoms with Crippen LogP contribution in [0, 0.1) is 0 Å². The predicted molar refractivity (Wildman–Crippen MR) is 94.9 cm³/mol. The first kappa shape index (κ1) is 16.1. The molecule has 3 heterocycles. The van der Waals surface area contributed by atoms with Crippen molar-refractivity contribution in [3.8, 4) is 11.3 Å². The summed E-state index contributed by atoms with van der Waals surface area (Å²) in [5.41, 5.74) is 1.72. The molecule has 0 saturated carbocycles. The third-order valence-electron chi connectivity index (χ3n) is 5.47. The van der Waals surface area contributed by atoms with E-state index in [0.29, 0.717) is 18.6 Å². The summed E-state index contributed by atoms with van der Waals surface area (Å²) in [7, 11) is 2.18. The largest absolute Gasteiger partial charge is 0.356 e. The normalized spacial score (nSPS) is 23.5. The number of nitrogens with one attached hydrogen (secondary N) is 1. The summed E-state index contributed by atoms with van der Waals surface area (Å²) in [6, 6.07) is 12.8. The summed E-state index contributed by atoms with van der Waals surface area (Å²) in [6.45, 7) is 2.02. The molecule has 0 unspecified atom stereocenters. The smallest absolute Gasteiger partial charge is 0.317 e. The highest BCUT2D eigenvalue weighted by Crippen LogP contribution is 2.28. The standard InChI is InChI=1S/C19H24N4O2/c1-22-16-7-8-17(22)13-23(10-9-16)19(24)20-12-15-11-18(25-21-15)14-5-3-2-4-6-14/h2-6,11,16-17H,7-10,12-13H2,1H3,(H,20,24)/t16-,17-/m0/s1. The van der Waals surface area contributed by atoms with E-state index >= 15 is 0 Å². The first-order chi connectivity index (χ1) is 12.2. The molecule has 132 valence electrons. The molecule has 2 bridgehead atoms. The Bertz CT molecular complexity index is 730. The highest BCUT2D eigenvalue weighted by molar-refractivity contribution is 5.74. The second kappa shape index (κ2) is 6.88. The molecule has 2 aliphatic heterocycles. The van der Waals surface area contributed by atoms with Crippen molar-refractivity contribution >= 4 is 6.03 Å². The van der Waals surface area contributed by atoms with Crippen LogP contribution in [-0.2, 0) is 6.54 Å². The molecule has 2 amide bonds. The summed E-state index contributed by atoms with van der Waals surface area (Å²) in [5.74, 6) is 0.721. The summed E-state index contributed by atoms with van der Waals surface area (Å²) in [5, 5.41) is 7.04. The van der Waals surface area contributed by atoms with Crippen LogP contribution in [0.3, 0.4) is 0 Å². The number of nitrogens with zero attached hydrogens (tertiary/aromatic N) is 3. The summed E-state index contributed by atoms with van der Waals surface area (Å²) >= 11 is 0. The lowest BCUT2D eigenvalue weighted by Gasteiger charge is -2.25. The number of amides is 2. The first-order valence-electron chi connectivity index (χ1n) is 8.96. The number of rotatable bonds is 3. The van der Waals surface area contributed by atoms with Crippen LogP contribution >= 0.6 is 0 Å². The number of fused-ring (bicyclic) bond motifs is 2. The first-order valence-corrected chi connectivity index (χ1v) is 8.96. The molecule has 4 rings (SSSR count). The summed E-state index contributed by atoms with van der Waals surface area (Å²) < 4.78 is 5.38. The van der Waals surface area contributed by atoms with E-state index < -0.39 is 0 Å². The van der Waals surface area contributed by atoms with Gasteiger partial charge in [-0.25, -0.2) is 4.79 Å². The van der Waals surface area contributed by atoms with Crippen LogP contribution in [0.4, 0.5) is 4.79 Å². The fraction of sp³-hybridized carbons (Fsp3) is 0.474. The minimum Gasteiger partial charge on any atom is -0.356 e. The zero-order valence-electron chi connectivity index (χ0n) is 14.5. The summed E-state index contributed by atoms with van der Waals surface area (Å²) in [6.07, 6.45) is 3.51. The van der Waals surface area contributed by atoms with Crippen LogP contribution in [0.25, 0.3) is 11.3 Å². The number of hydrogen-bond acceptors (Lipinski definition) is 4. The quantitative estimate of drug-likeness (QED) is 0.933. The molecule has 1 aromatic carbocycles. The lowest BCUT2D eigenvalue weighted by Crippen LogP contribution is -2.44. The fourth-order valence-corrected chi connectivity index (χ4v) is 3.90. The molecule has 0 aliphatic carbocycles. The Morgan fingerprint density at radius 2 is 2.04 bits per heavy atom. The third-order valence-corrected chi connectivity index (χ3v) is 5.47. The number of benzene rings is 1. The Labute approximate surface area is 147 Å². The highest BCUT2D eigenvalue weighted by Gasteiger charge is 2.35. The third kappa shape index (κ3) is 3.39. The van der Waals surface area contributed by atoms with Crippen molar-refractivity contribution in [1.82, 2.24) is 20.3 Å². The second-order valence-electron chi connectivity index (χ2n) is 6.99. The van der Waals surface area contributed by atoms with Crippen LogP contribution in [0.1, 0.15) is 25.0 Å². The van der Waals surface area contributed by atoms with Gasteiger partial charge in [-0.3, -0.25) is 4.90 Å². The Balaban J connectivity index is 1.34. The molecule has 2 atom stereocenters. The number of aromatic nitrogens is 1.